The van der Waals surface area contributed by atoms with Gasteiger partial charge >= 0.3 is 0 Å². The van der Waals surface area contributed by atoms with Gasteiger partial charge in [0.25, 0.3) is 0 Å². The van der Waals surface area contributed by atoms with Gasteiger partial charge in [0.1, 0.15) is 6.33 Å². The van der Waals surface area contributed by atoms with Crippen LogP contribution in [0.5, 0.6) is 0 Å². The Kier molecular flexibility index (Phi) is 3.45. The molecule has 0 fully saturated rings. The predicted molar refractivity (Wildman–Crippen MR) is 55.4 cm³/mol. The third kappa shape index (κ3) is 2.45. The fourth-order valence-corrected chi connectivity index (χ4v) is 1.15. The van der Waals surface area contributed by atoms with E-state index >= 15 is 0 Å². The summed E-state index contributed by atoms with van der Waals surface area (Å²) in [6.07, 6.45) is 3.50. The van der Waals surface area contributed by atoms with Gasteiger partial charge in [0.2, 0.25) is 0 Å². The molecule has 4 heteroatoms. The van der Waals surface area contributed by atoms with Gasteiger partial charge in [-0.1, -0.05) is 6.58 Å². The number of nitrogens with zero attached hydrogens (tertiary/aromatic N) is 3. The van der Waals surface area contributed by atoms with E-state index in [1.165, 1.54) is 0 Å². The van der Waals surface area contributed by atoms with Crippen LogP contribution in [-0.4, -0.2) is 21.4 Å². The number of allylic oxidation sites excluding steroid dienone is 3. The number of hydrogen-bond donors (Lipinski definition) is 0. The molecule has 0 spiro atoms. The number of aromatic nitrogens is 3. The van der Waals surface area contributed by atoms with Crippen LogP contribution < -0.4 is 0 Å². The molecule has 0 aliphatic heterocycles. The molecule has 0 radical (unpaired) electrons. The molecule has 0 amide bonds. The molecule has 0 saturated carbocycles. The summed E-state index contributed by atoms with van der Waals surface area (Å²) in [5.41, 5.74) is 0.802. The Morgan fingerprint density at radius 1 is 1.71 bits per heavy atom. The zero-order chi connectivity index (χ0) is 10.6. The Bertz CT molecular complexity index is 352. The summed E-state index contributed by atoms with van der Waals surface area (Å²) in [7, 11) is 1.88. The summed E-state index contributed by atoms with van der Waals surface area (Å²) >= 11 is 0. The summed E-state index contributed by atoms with van der Waals surface area (Å²) in [4.78, 5) is 0. The maximum atomic E-state index is 5.29. The summed E-state index contributed by atoms with van der Waals surface area (Å²) in [6, 6.07) is 0. The van der Waals surface area contributed by atoms with Gasteiger partial charge in [-0.3, -0.25) is 0 Å². The first-order chi connectivity index (χ1) is 6.65. The molecule has 76 valence electrons. The molecule has 0 bridgehead atoms. The fourth-order valence-electron chi connectivity index (χ4n) is 1.15. The van der Waals surface area contributed by atoms with Crippen LogP contribution in [0, 0.1) is 0 Å². The lowest BCUT2D eigenvalue weighted by molar-refractivity contribution is 0.232. The third-order valence-corrected chi connectivity index (χ3v) is 1.75. The molecule has 0 aliphatic carbocycles. The molecule has 1 aromatic rings. The van der Waals surface area contributed by atoms with Crippen LogP contribution in [0.2, 0.25) is 0 Å². The highest BCUT2D eigenvalue weighted by atomic mass is 16.5. The van der Waals surface area contributed by atoms with Crippen LogP contribution in [0.1, 0.15) is 19.7 Å². The van der Waals surface area contributed by atoms with E-state index in [0.29, 0.717) is 6.61 Å². The summed E-state index contributed by atoms with van der Waals surface area (Å²) in [5.74, 6) is 1.59. The minimum atomic E-state index is 0.661. The second kappa shape index (κ2) is 4.60. The van der Waals surface area contributed by atoms with E-state index in [2.05, 4.69) is 16.8 Å². The zero-order valence-electron chi connectivity index (χ0n) is 8.82. The standard InChI is InChI=1S/C10H15N3O/c1-5-14-9(3)6-8(2)10-12-11-7-13(10)4/h6-7H,2,5H2,1,3-4H3. The Hall–Kier alpha value is -1.58. The fraction of sp³-hybridized carbons (Fsp3) is 0.400. The van der Waals surface area contributed by atoms with E-state index in [1.807, 2.05) is 31.5 Å². The Morgan fingerprint density at radius 3 is 2.93 bits per heavy atom. The molecule has 4 nitrogen and oxygen atoms in total. The van der Waals surface area contributed by atoms with Crippen LogP contribution in [0.3, 0.4) is 0 Å². The van der Waals surface area contributed by atoms with Crippen molar-refractivity contribution in [2.24, 2.45) is 7.05 Å². The van der Waals surface area contributed by atoms with Gasteiger partial charge in [-0.15, -0.1) is 10.2 Å². The van der Waals surface area contributed by atoms with Crippen molar-refractivity contribution in [2.75, 3.05) is 6.61 Å². The van der Waals surface area contributed by atoms with Crippen molar-refractivity contribution >= 4 is 5.57 Å². The van der Waals surface area contributed by atoms with Crippen LogP contribution in [0.15, 0.2) is 24.7 Å². The number of hydrogen-bond acceptors (Lipinski definition) is 3. The van der Waals surface area contributed by atoms with Gasteiger partial charge < -0.3 is 9.30 Å². The quantitative estimate of drug-likeness (QED) is 0.540. The highest BCUT2D eigenvalue weighted by Gasteiger charge is 2.03. The number of ether oxygens (including phenoxy) is 1. The van der Waals surface area contributed by atoms with Crippen molar-refractivity contribution in [1.82, 2.24) is 14.8 Å². The van der Waals surface area contributed by atoms with Crippen LogP contribution >= 0.6 is 0 Å². The van der Waals surface area contributed by atoms with Gasteiger partial charge in [-0.05, 0) is 19.9 Å². The molecule has 0 aromatic carbocycles. The largest absolute Gasteiger partial charge is 0.499 e. The molecule has 1 heterocycles. The Balaban J connectivity index is 2.77. The second-order valence-corrected chi connectivity index (χ2v) is 2.98. The van der Waals surface area contributed by atoms with Gasteiger partial charge in [0.15, 0.2) is 5.82 Å². The topological polar surface area (TPSA) is 39.9 Å². The van der Waals surface area contributed by atoms with E-state index in [0.717, 1.165) is 17.2 Å². The maximum absolute atomic E-state index is 5.29. The lowest BCUT2D eigenvalue weighted by atomic mass is 10.2. The van der Waals surface area contributed by atoms with E-state index < -0.39 is 0 Å². The highest BCUT2D eigenvalue weighted by molar-refractivity contribution is 5.67. The molecule has 0 atom stereocenters. The first-order valence-corrected chi connectivity index (χ1v) is 4.49. The summed E-state index contributed by atoms with van der Waals surface area (Å²) in [6.45, 7) is 8.40. The molecule has 1 rings (SSSR count). The summed E-state index contributed by atoms with van der Waals surface area (Å²) < 4.78 is 7.11. The average Bonchev–Trinajstić information content (AvgIpc) is 2.51. The number of aryl methyl sites for hydroxylation is 1. The predicted octanol–water partition coefficient (Wildman–Crippen LogP) is 1.77. The Labute approximate surface area is 83.9 Å². The summed E-state index contributed by atoms with van der Waals surface area (Å²) in [5, 5.41) is 7.72. The zero-order valence-corrected chi connectivity index (χ0v) is 8.82. The minimum Gasteiger partial charge on any atom is -0.499 e. The normalized spacial score (nSPS) is 11.5. The van der Waals surface area contributed by atoms with Crippen LogP contribution in [0.4, 0.5) is 0 Å². The molecule has 0 aliphatic rings. The lowest BCUT2D eigenvalue weighted by Crippen LogP contribution is -1.95. The molecular weight excluding hydrogens is 178 g/mol. The van der Waals surface area contributed by atoms with Gasteiger partial charge in [0, 0.05) is 12.6 Å². The smallest absolute Gasteiger partial charge is 0.162 e. The molecule has 0 N–H and O–H groups in total. The van der Waals surface area contributed by atoms with Gasteiger partial charge in [-0.2, -0.15) is 0 Å². The molecule has 0 unspecified atom stereocenters. The molecule has 0 saturated heterocycles. The minimum absolute atomic E-state index is 0.661. The van der Waals surface area contributed by atoms with Crippen molar-refractivity contribution in [3.8, 4) is 0 Å². The lowest BCUT2D eigenvalue weighted by Gasteiger charge is -2.03. The molecule has 14 heavy (non-hydrogen) atoms. The van der Waals surface area contributed by atoms with Crippen molar-refractivity contribution < 1.29 is 4.74 Å². The molecular formula is C10H15N3O. The van der Waals surface area contributed by atoms with Crippen LogP contribution in [-0.2, 0) is 11.8 Å². The van der Waals surface area contributed by atoms with Crippen molar-refractivity contribution in [1.29, 1.82) is 0 Å². The van der Waals surface area contributed by atoms with Crippen LogP contribution in [0.25, 0.3) is 5.57 Å². The monoisotopic (exact) mass is 193 g/mol. The maximum Gasteiger partial charge on any atom is 0.162 e. The SMILES string of the molecule is C=C(C=C(C)OCC)c1nncn1C. The van der Waals surface area contributed by atoms with E-state index in [-0.39, 0.29) is 0 Å². The van der Waals surface area contributed by atoms with Crippen molar-refractivity contribution in [3.63, 3.8) is 0 Å². The van der Waals surface area contributed by atoms with E-state index in [1.54, 1.807) is 6.33 Å². The first kappa shape index (κ1) is 10.5. The Morgan fingerprint density at radius 2 is 2.43 bits per heavy atom. The third-order valence-electron chi connectivity index (χ3n) is 1.75. The average molecular weight is 193 g/mol. The van der Waals surface area contributed by atoms with E-state index in [4.69, 9.17) is 4.74 Å². The number of rotatable bonds is 4. The highest BCUT2D eigenvalue weighted by Crippen LogP contribution is 2.12. The van der Waals surface area contributed by atoms with Crippen molar-refractivity contribution in [3.05, 3.63) is 30.6 Å². The van der Waals surface area contributed by atoms with Gasteiger partial charge in [-0.25, -0.2) is 0 Å². The second-order valence-electron chi connectivity index (χ2n) is 2.98. The first-order valence-electron chi connectivity index (χ1n) is 4.49. The van der Waals surface area contributed by atoms with E-state index in [9.17, 15) is 0 Å². The van der Waals surface area contributed by atoms with Crippen molar-refractivity contribution in [2.45, 2.75) is 13.8 Å². The molecule has 1 aromatic heterocycles. The van der Waals surface area contributed by atoms with Gasteiger partial charge in [0.05, 0.1) is 12.4 Å².